The van der Waals surface area contributed by atoms with Gasteiger partial charge in [0.25, 0.3) is 0 Å². The number of aryl methyl sites for hydroxylation is 1. The number of amides is 1. The lowest BCUT2D eigenvalue weighted by Gasteiger charge is -2.31. The lowest BCUT2D eigenvalue weighted by Crippen LogP contribution is -2.44. The van der Waals surface area contributed by atoms with Crippen LogP contribution in [-0.2, 0) is 32.5 Å². The summed E-state index contributed by atoms with van der Waals surface area (Å²) in [6.07, 6.45) is 3.55. The molecule has 0 saturated heterocycles. The van der Waals surface area contributed by atoms with Gasteiger partial charge < -0.3 is 9.47 Å². The van der Waals surface area contributed by atoms with Crippen molar-refractivity contribution in [2.75, 3.05) is 24.8 Å². The molecule has 1 aliphatic heterocycles. The van der Waals surface area contributed by atoms with E-state index < -0.39 is 19.5 Å². The minimum atomic E-state index is -1.20. The molecule has 2 aromatic rings. The van der Waals surface area contributed by atoms with E-state index in [9.17, 15) is 9.59 Å². The summed E-state index contributed by atoms with van der Waals surface area (Å²) in [4.78, 5) is 37.5. The van der Waals surface area contributed by atoms with E-state index >= 15 is 0 Å². The highest BCUT2D eigenvalue weighted by Crippen LogP contribution is 2.49. The molecule has 1 aliphatic carbocycles. The van der Waals surface area contributed by atoms with Crippen molar-refractivity contribution in [2.45, 2.75) is 57.3 Å². The Kier molecular flexibility index (Phi) is 6.02. The molecule has 3 heterocycles. The molecular weight excluding hydrogens is 430 g/mol. The summed E-state index contributed by atoms with van der Waals surface area (Å²) in [6.45, 7) is 9.89. The SMILES string of the molecule is CCOC(=O)c1nc2c(s1)CC1(CC2)C(=O)N(COCC[Si](C)(C)C)c2ncccc21. The summed E-state index contributed by atoms with van der Waals surface area (Å²) in [5, 5.41) is 0.368. The summed E-state index contributed by atoms with van der Waals surface area (Å²) in [5.41, 5.74) is 1.18. The summed E-state index contributed by atoms with van der Waals surface area (Å²) in [7, 11) is -1.20. The van der Waals surface area contributed by atoms with Crippen molar-refractivity contribution < 1.29 is 19.1 Å². The molecule has 31 heavy (non-hydrogen) atoms. The number of pyridine rings is 1. The van der Waals surface area contributed by atoms with Crippen LogP contribution in [-0.4, -0.2) is 49.9 Å². The second kappa shape index (κ2) is 8.44. The molecule has 0 saturated carbocycles. The standard InChI is InChI=1S/C22H29N3O4SSi/c1-5-29-20(26)19-24-16-8-9-22(13-17(16)30-19)15-7-6-10-23-18(15)25(21(22)27)14-28-11-12-31(2,3)4/h6-7,10H,5,8-9,11-14H2,1-4H3. The maximum absolute atomic E-state index is 13.7. The Labute approximate surface area is 187 Å². The highest BCUT2D eigenvalue weighted by Gasteiger charge is 2.53. The van der Waals surface area contributed by atoms with Crippen molar-refractivity contribution in [2.24, 2.45) is 0 Å². The highest BCUT2D eigenvalue weighted by molar-refractivity contribution is 7.13. The van der Waals surface area contributed by atoms with Crippen LogP contribution >= 0.6 is 11.3 Å². The van der Waals surface area contributed by atoms with Gasteiger partial charge in [-0.2, -0.15) is 0 Å². The molecule has 0 fully saturated rings. The van der Waals surface area contributed by atoms with E-state index in [1.54, 1.807) is 18.0 Å². The van der Waals surface area contributed by atoms with E-state index in [0.29, 0.717) is 43.3 Å². The number of fused-ring (bicyclic) bond motifs is 3. The van der Waals surface area contributed by atoms with Crippen molar-refractivity contribution >= 4 is 37.1 Å². The number of anilines is 1. The first-order valence-corrected chi connectivity index (χ1v) is 15.3. The Morgan fingerprint density at radius 2 is 2.16 bits per heavy atom. The molecule has 2 aromatic heterocycles. The van der Waals surface area contributed by atoms with Gasteiger partial charge in [-0.3, -0.25) is 9.69 Å². The summed E-state index contributed by atoms with van der Waals surface area (Å²) in [6, 6.07) is 4.94. The topological polar surface area (TPSA) is 81.6 Å². The van der Waals surface area contributed by atoms with Crippen LogP contribution in [0.4, 0.5) is 5.82 Å². The number of hydrogen-bond acceptors (Lipinski definition) is 7. The highest BCUT2D eigenvalue weighted by atomic mass is 32.1. The number of thiazole rings is 1. The minimum Gasteiger partial charge on any atom is -0.461 e. The monoisotopic (exact) mass is 459 g/mol. The van der Waals surface area contributed by atoms with Gasteiger partial charge in [0.05, 0.1) is 17.7 Å². The van der Waals surface area contributed by atoms with Crippen molar-refractivity contribution in [3.63, 3.8) is 0 Å². The van der Waals surface area contributed by atoms with Gasteiger partial charge in [0.2, 0.25) is 10.9 Å². The molecule has 1 spiro atoms. The summed E-state index contributed by atoms with van der Waals surface area (Å²) >= 11 is 1.34. The van der Waals surface area contributed by atoms with Crippen LogP contribution in [0.2, 0.25) is 25.7 Å². The second-order valence-corrected chi connectivity index (χ2v) is 16.0. The van der Waals surface area contributed by atoms with Gasteiger partial charge in [0.15, 0.2) is 0 Å². The smallest absolute Gasteiger partial charge is 0.367 e. The molecule has 4 rings (SSSR count). The lowest BCUT2D eigenvalue weighted by molar-refractivity contribution is -0.124. The van der Waals surface area contributed by atoms with E-state index in [1.807, 2.05) is 12.1 Å². The maximum Gasteiger partial charge on any atom is 0.367 e. The van der Waals surface area contributed by atoms with Gasteiger partial charge in [0.1, 0.15) is 12.5 Å². The average molecular weight is 460 g/mol. The van der Waals surface area contributed by atoms with Crippen LogP contribution in [0.1, 0.15) is 39.3 Å². The zero-order chi connectivity index (χ0) is 22.2. The Hall–Kier alpha value is -2.10. The fraction of sp³-hybridized carbons (Fsp3) is 0.545. The largest absolute Gasteiger partial charge is 0.461 e. The Morgan fingerprint density at radius 1 is 1.35 bits per heavy atom. The first kappa shape index (κ1) is 22.1. The maximum atomic E-state index is 13.7. The number of rotatable bonds is 7. The third-order valence-corrected chi connectivity index (χ3v) is 8.69. The van der Waals surface area contributed by atoms with Crippen LogP contribution in [0.3, 0.4) is 0 Å². The van der Waals surface area contributed by atoms with Crippen LogP contribution in [0.15, 0.2) is 18.3 Å². The fourth-order valence-electron chi connectivity index (χ4n) is 4.21. The molecule has 1 atom stereocenters. The minimum absolute atomic E-state index is 0.0333. The predicted octanol–water partition coefficient (Wildman–Crippen LogP) is 3.80. The zero-order valence-electron chi connectivity index (χ0n) is 18.6. The van der Waals surface area contributed by atoms with E-state index in [4.69, 9.17) is 9.47 Å². The van der Waals surface area contributed by atoms with Gasteiger partial charge in [-0.05, 0) is 31.9 Å². The number of carbonyl (C=O) groups excluding carboxylic acids is 2. The van der Waals surface area contributed by atoms with Crippen molar-refractivity contribution in [3.05, 3.63) is 39.5 Å². The number of carbonyl (C=O) groups is 2. The van der Waals surface area contributed by atoms with Gasteiger partial charge in [-0.1, -0.05) is 25.7 Å². The number of esters is 1. The molecule has 0 radical (unpaired) electrons. The Bertz CT molecular complexity index is 1000. The molecule has 166 valence electrons. The molecular formula is C22H29N3O4SSi. The van der Waals surface area contributed by atoms with E-state index in [0.717, 1.165) is 22.2 Å². The second-order valence-electron chi connectivity index (χ2n) is 9.32. The Morgan fingerprint density at radius 3 is 2.90 bits per heavy atom. The van der Waals surface area contributed by atoms with Crippen LogP contribution in [0.25, 0.3) is 0 Å². The van der Waals surface area contributed by atoms with Crippen molar-refractivity contribution in [1.29, 1.82) is 0 Å². The molecule has 1 amide bonds. The van der Waals surface area contributed by atoms with E-state index in [-0.39, 0.29) is 12.6 Å². The molecule has 0 N–H and O–H groups in total. The summed E-state index contributed by atoms with van der Waals surface area (Å²) < 4.78 is 11.0. The quantitative estimate of drug-likeness (QED) is 0.356. The first-order valence-electron chi connectivity index (χ1n) is 10.8. The molecule has 9 heteroatoms. The van der Waals surface area contributed by atoms with Gasteiger partial charge >= 0.3 is 5.97 Å². The molecule has 2 aliphatic rings. The number of ether oxygens (including phenoxy) is 2. The Balaban J connectivity index is 1.58. The van der Waals surface area contributed by atoms with Gasteiger partial charge in [-0.25, -0.2) is 14.8 Å². The zero-order valence-corrected chi connectivity index (χ0v) is 20.4. The number of nitrogens with zero attached hydrogens (tertiary/aromatic N) is 3. The fourth-order valence-corrected chi connectivity index (χ4v) is 6.09. The predicted molar refractivity (Wildman–Crippen MR) is 122 cm³/mol. The molecule has 0 bridgehead atoms. The molecule has 1 unspecified atom stereocenters. The third-order valence-electron chi connectivity index (χ3n) is 5.91. The summed E-state index contributed by atoms with van der Waals surface area (Å²) in [5.74, 6) is 0.332. The van der Waals surface area contributed by atoms with Gasteiger partial charge in [-0.15, -0.1) is 11.3 Å². The van der Waals surface area contributed by atoms with Gasteiger partial charge in [0, 0.05) is 37.7 Å². The lowest BCUT2D eigenvalue weighted by atomic mass is 9.71. The first-order chi connectivity index (χ1) is 14.7. The third kappa shape index (κ3) is 4.18. The normalized spacial score (nSPS) is 20.1. The molecule has 7 nitrogen and oxygen atoms in total. The molecule has 0 aromatic carbocycles. The average Bonchev–Trinajstić information content (AvgIpc) is 3.24. The van der Waals surface area contributed by atoms with E-state index in [2.05, 4.69) is 29.6 Å². The van der Waals surface area contributed by atoms with E-state index in [1.165, 1.54) is 11.3 Å². The van der Waals surface area contributed by atoms with Crippen LogP contribution < -0.4 is 4.90 Å². The van der Waals surface area contributed by atoms with Crippen LogP contribution in [0, 0.1) is 0 Å². The van der Waals surface area contributed by atoms with Crippen LogP contribution in [0.5, 0.6) is 0 Å². The van der Waals surface area contributed by atoms with Crippen molar-refractivity contribution in [1.82, 2.24) is 9.97 Å². The number of hydrogen-bond donors (Lipinski definition) is 0. The van der Waals surface area contributed by atoms with Crippen molar-refractivity contribution in [3.8, 4) is 0 Å². The number of aromatic nitrogens is 2.